The summed E-state index contributed by atoms with van der Waals surface area (Å²) < 4.78 is 0. The molecule has 0 saturated heterocycles. The fourth-order valence-corrected chi connectivity index (χ4v) is 3.61. The number of hydrogen-bond donors (Lipinski definition) is 1. The molecule has 0 heterocycles. The van der Waals surface area contributed by atoms with E-state index in [2.05, 4.69) is 24.3 Å². The Labute approximate surface area is 159 Å². The second-order valence-electron chi connectivity index (χ2n) is 7.21. The van der Waals surface area contributed by atoms with E-state index in [1.54, 1.807) is 12.1 Å². The van der Waals surface area contributed by atoms with E-state index in [1.165, 1.54) is 0 Å². The van der Waals surface area contributed by atoms with Gasteiger partial charge in [-0.1, -0.05) is 72.8 Å². The van der Waals surface area contributed by atoms with E-state index in [4.69, 9.17) is 0 Å². The Kier molecular flexibility index (Phi) is 4.93. The SMILES string of the molecule is O=C(C1CC1c1ccc(O)cc1)N(Cc1ccccc1)Cc1ccccc1. The van der Waals surface area contributed by atoms with E-state index in [0.717, 1.165) is 23.1 Å². The summed E-state index contributed by atoms with van der Waals surface area (Å²) in [6.45, 7) is 1.24. The second-order valence-corrected chi connectivity index (χ2v) is 7.21. The predicted molar refractivity (Wildman–Crippen MR) is 106 cm³/mol. The van der Waals surface area contributed by atoms with E-state index in [-0.39, 0.29) is 23.5 Å². The lowest BCUT2D eigenvalue weighted by Gasteiger charge is -2.23. The number of hydrogen-bond acceptors (Lipinski definition) is 2. The molecule has 1 N–H and O–H groups in total. The molecule has 1 amide bonds. The fraction of sp³-hybridized carbons (Fsp3) is 0.208. The molecular formula is C24H23NO2. The Morgan fingerprint density at radius 2 is 1.33 bits per heavy atom. The lowest BCUT2D eigenvalue weighted by atomic mass is 10.1. The quantitative estimate of drug-likeness (QED) is 0.693. The summed E-state index contributed by atoms with van der Waals surface area (Å²) in [6.07, 6.45) is 0.879. The highest BCUT2D eigenvalue weighted by Crippen LogP contribution is 2.49. The number of benzene rings is 3. The monoisotopic (exact) mass is 357 g/mol. The number of phenols is 1. The van der Waals surface area contributed by atoms with Gasteiger partial charge in [-0.25, -0.2) is 0 Å². The van der Waals surface area contributed by atoms with E-state index >= 15 is 0 Å². The van der Waals surface area contributed by atoms with Gasteiger partial charge in [-0.15, -0.1) is 0 Å². The molecule has 2 atom stereocenters. The number of rotatable bonds is 6. The Hall–Kier alpha value is -3.07. The third-order valence-corrected chi connectivity index (χ3v) is 5.17. The molecule has 0 spiro atoms. The fourth-order valence-electron chi connectivity index (χ4n) is 3.61. The van der Waals surface area contributed by atoms with Crippen LogP contribution in [0.25, 0.3) is 0 Å². The zero-order valence-corrected chi connectivity index (χ0v) is 15.2. The molecule has 3 nitrogen and oxygen atoms in total. The maximum Gasteiger partial charge on any atom is 0.226 e. The topological polar surface area (TPSA) is 40.5 Å². The summed E-state index contributed by atoms with van der Waals surface area (Å²) in [7, 11) is 0. The van der Waals surface area contributed by atoms with E-state index < -0.39 is 0 Å². The summed E-state index contributed by atoms with van der Waals surface area (Å²) in [5, 5.41) is 9.48. The minimum Gasteiger partial charge on any atom is -0.508 e. The first kappa shape index (κ1) is 17.3. The number of carbonyl (C=O) groups excluding carboxylic acids is 1. The summed E-state index contributed by atoms with van der Waals surface area (Å²) in [5.74, 6) is 0.756. The molecule has 0 bridgehead atoms. The Morgan fingerprint density at radius 1 is 0.815 bits per heavy atom. The lowest BCUT2D eigenvalue weighted by Crippen LogP contribution is -2.31. The third kappa shape index (κ3) is 4.20. The molecule has 1 fully saturated rings. The molecule has 4 rings (SSSR count). The van der Waals surface area contributed by atoms with Crippen LogP contribution in [0.3, 0.4) is 0 Å². The van der Waals surface area contributed by atoms with Crippen LogP contribution < -0.4 is 0 Å². The molecule has 0 aromatic heterocycles. The number of nitrogens with zero attached hydrogens (tertiary/aromatic N) is 1. The van der Waals surface area contributed by atoms with Gasteiger partial charge in [0.15, 0.2) is 0 Å². The van der Waals surface area contributed by atoms with Crippen molar-refractivity contribution in [2.75, 3.05) is 0 Å². The van der Waals surface area contributed by atoms with E-state index in [1.807, 2.05) is 53.4 Å². The molecule has 1 aliphatic carbocycles. The van der Waals surface area contributed by atoms with Crippen LogP contribution in [-0.2, 0) is 17.9 Å². The molecule has 27 heavy (non-hydrogen) atoms. The van der Waals surface area contributed by atoms with Crippen molar-refractivity contribution in [3.63, 3.8) is 0 Å². The number of aromatic hydroxyl groups is 1. The first-order valence-electron chi connectivity index (χ1n) is 9.36. The van der Waals surface area contributed by atoms with Gasteiger partial charge in [-0.3, -0.25) is 4.79 Å². The molecular weight excluding hydrogens is 334 g/mol. The van der Waals surface area contributed by atoms with Crippen LogP contribution in [0.2, 0.25) is 0 Å². The van der Waals surface area contributed by atoms with Gasteiger partial charge < -0.3 is 10.0 Å². The highest BCUT2D eigenvalue weighted by Gasteiger charge is 2.45. The average Bonchev–Trinajstić information content (AvgIpc) is 3.50. The predicted octanol–water partition coefficient (Wildman–Crippen LogP) is 4.72. The van der Waals surface area contributed by atoms with Crippen molar-refractivity contribution in [1.29, 1.82) is 0 Å². The summed E-state index contributed by atoms with van der Waals surface area (Å²) >= 11 is 0. The normalized spacial score (nSPS) is 18.1. The molecule has 3 aromatic carbocycles. The van der Waals surface area contributed by atoms with Crippen molar-refractivity contribution in [3.05, 3.63) is 102 Å². The molecule has 0 radical (unpaired) electrons. The highest BCUT2D eigenvalue weighted by atomic mass is 16.3. The van der Waals surface area contributed by atoms with Gasteiger partial charge in [-0.2, -0.15) is 0 Å². The molecule has 1 aliphatic rings. The Bertz CT molecular complexity index is 849. The maximum atomic E-state index is 13.2. The van der Waals surface area contributed by atoms with Gasteiger partial charge in [0.25, 0.3) is 0 Å². The molecule has 0 aliphatic heterocycles. The smallest absolute Gasteiger partial charge is 0.226 e. The Balaban J connectivity index is 1.51. The van der Waals surface area contributed by atoms with Crippen molar-refractivity contribution in [2.24, 2.45) is 5.92 Å². The zero-order valence-electron chi connectivity index (χ0n) is 15.2. The summed E-state index contributed by atoms with van der Waals surface area (Å²) in [6, 6.07) is 27.5. The van der Waals surface area contributed by atoms with Crippen molar-refractivity contribution < 1.29 is 9.90 Å². The molecule has 1 saturated carbocycles. The van der Waals surface area contributed by atoms with Crippen LogP contribution in [0.4, 0.5) is 0 Å². The van der Waals surface area contributed by atoms with Crippen molar-refractivity contribution in [3.8, 4) is 5.75 Å². The van der Waals surface area contributed by atoms with Gasteiger partial charge in [0.2, 0.25) is 5.91 Å². The van der Waals surface area contributed by atoms with Crippen molar-refractivity contribution >= 4 is 5.91 Å². The lowest BCUT2D eigenvalue weighted by molar-refractivity contribution is -0.134. The number of phenolic OH excluding ortho intramolecular Hbond substituents is 1. The minimum atomic E-state index is 0.0296. The van der Waals surface area contributed by atoms with Crippen LogP contribution in [0.5, 0.6) is 5.75 Å². The van der Waals surface area contributed by atoms with E-state index in [9.17, 15) is 9.90 Å². The first-order chi connectivity index (χ1) is 13.2. The average molecular weight is 357 g/mol. The van der Waals surface area contributed by atoms with Crippen LogP contribution in [0.15, 0.2) is 84.9 Å². The van der Waals surface area contributed by atoms with Gasteiger partial charge in [-0.05, 0) is 41.2 Å². The second kappa shape index (κ2) is 7.67. The van der Waals surface area contributed by atoms with Gasteiger partial charge in [0.05, 0.1) is 0 Å². The highest BCUT2D eigenvalue weighted by molar-refractivity contribution is 5.83. The number of amides is 1. The third-order valence-electron chi connectivity index (χ3n) is 5.17. The molecule has 2 unspecified atom stereocenters. The van der Waals surface area contributed by atoms with Crippen molar-refractivity contribution in [2.45, 2.75) is 25.4 Å². The largest absolute Gasteiger partial charge is 0.508 e. The molecule has 3 heteroatoms. The number of carbonyl (C=O) groups is 1. The summed E-state index contributed by atoms with van der Waals surface area (Å²) in [5.41, 5.74) is 3.41. The van der Waals surface area contributed by atoms with Crippen molar-refractivity contribution in [1.82, 2.24) is 4.90 Å². The summed E-state index contributed by atoms with van der Waals surface area (Å²) in [4.78, 5) is 15.2. The molecule has 3 aromatic rings. The maximum absolute atomic E-state index is 13.2. The zero-order chi connectivity index (χ0) is 18.6. The van der Waals surface area contributed by atoms with Gasteiger partial charge in [0.1, 0.15) is 5.75 Å². The van der Waals surface area contributed by atoms with Gasteiger partial charge >= 0.3 is 0 Å². The Morgan fingerprint density at radius 3 is 1.85 bits per heavy atom. The van der Waals surface area contributed by atoms with Crippen LogP contribution in [0, 0.1) is 5.92 Å². The standard InChI is InChI=1S/C24H23NO2/c26-21-13-11-20(12-14-21)22-15-23(22)24(27)25(16-18-7-3-1-4-8-18)17-19-9-5-2-6-10-19/h1-14,22-23,26H,15-17H2. The minimum absolute atomic E-state index is 0.0296. The van der Waals surface area contributed by atoms with Crippen LogP contribution in [0.1, 0.15) is 29.0 Å². The van der Waals surface area contributed by atoms with Crippen LogP contribution in [-0.4, -0.2) is 15.9 Å². The van der Waals surface area contributed by atoms with Gasteiger partial charge in [0, 0.05) is 19.0 Å². The van der Waals surface area contributed by atoms with Crippen LogP contribution >= 0.6 is 0 Å². The molecule has 136 valence electrons. The van der Waals surface area contributed by atoms with E-state index in [0.29, 0.717) is 13.1 Å². The first-order valence-corrected chi connectivity index (χ1v) is 9.36.